The van der Waals surface area contributed by atoms with E-state index in [-0.39, 0.29) is 11.5 Å². The summed E-state index contributed by atoms with van der Waals surface area (Å²) in [7, 11) is 0. The maximum absolute atomic E-state index is 14.0. The zero-order chi connectivity index (χ0) is 32.9. The van der Waals surface area contributed by atoms with E-state index in [1.807, 2.05) is 36.5 Å². The van der Waals surface area contributed by atoms with E-state index in [4.69, 9.17) is 4.98 Å². The number of hydrogen-bond donors (Lipinski definition) is 1. The summed E-state index contributed by atoms with van der Waals surface area (Å²) in [5.74, 6) is -1.97. The largest absolute Gasteiger partial charge is 0.322 e. The summed E-state index contributed by atoms with van der Waals surface area (Å²) >= 11 is 0. The summed E-state index contributed by atoms with van der Waals surface area (Å²) < 4.78 is 27.9. The van der Waals surface area contributed by atoms with Crippen LogP contribution < -0.4 is 5.32 Å². The predicted molar refractivity (Wildman–Crippen MR) is 172 cm³/mol. The molecule has 3 aromatic carbocycles. The van der Waals surface area contributed by atoms with E-state index < -0.39 is 28.0 Å². The highest BCUT2D eigenvalue weighted by atomic mass is 19.1. The first-order valence-electron chi connectivity index (χ1n) is 15.2. The number of halogens is 2. The molecule has 7 rings (SSSR count). The highest BCUT2D eigenvalue weighted by molar-refractivity contribution is 6.04. The Bertz CT molecular complexity index is 1980. The summed E-state index contributed by atoms with van der Waals surface area (Å²) in [6.07, 6.45) is 9.18. The van der Waals surface area contributed by atoms with Gasteiger partial charge >= 0.3 is 0 Å². The number of benzene rings is 3. The highest BCUT2D eigenvalue weighted by Gasteiger charge is 2.21. The van der Waals surface area contributed by atoms with Crippen molar-refractivity contribution in [2.75, 3.05) is 5.32 Å². The third-order valence-corrected chi connectivity index (χ3v) is 8.16. The quantitative estimate of drug-likeness (QED) is 0.122. The van der Waals surface area contributed by atoms with Gasteiger partial charge in [-0.25, -0.2) is 18.7 Å². The fourth-order valence-electron chi connectivity index (χ4n) is 5.84. The molecule has 0 unspecified atom stereocenters. The number of hydrogen-bond acceptors (Lipinski definition) is 7. The number of nitrogens with zero attached hydrogens (tertiary/aromatic N) is 4. The molecular formula is C36H29F2N5O4. The first-order valence-corrected chi connectivity index (χ1v) is 15.2. The average molecular weight is 634 g/mol. The van der Waals surface area contributed by atoms with Crippen molar-refractivity contribution in [3.05, 3.63) is 135 Å². The number of carbonyl (C=O) groups is 2. The highest BCUT2D eigenvalue weighted by Crippen LogP contribution is 2.34. The lowest BCUT2D eigenvalue weighted by atomic mass is 10.0. The summed E-state index contributed by atoms with van der Waals surface area (Å²) in [6, 6.07) is 18.9. The number of Topliss-reactive ketones (excluding diaryl/α,β-unsaturated/α-hetero) is 1. The summed E-state index contributed by atoms with van der Waals surface area (Å²) in [6.45, 7) is 0. The van der Waals surface area contributed by atoms with E-state index >= 15 is 0 Å². The van der Waals surface area contributed by atoms with Gasteiger partial charge in [0.1, 0.15) is 22.9 Å². The molecule has 0 aliphatic heterocycles. The maximum atomic E-state index is 14.0. The molecule has 0 spiro atoms. The van der Waals surface area contributed by atoms with Gasteiger partial charge in [0.2, 0.25) is 0 Å². The van der Waals surface area contributed by atoms with Crippen molar-refractivity contribution in [2.45, 2.75) is 44.9 Å². The minimum Gasteiger partial charge on any atom is -0.322 e. The Morgan fingerprint density at radius 3 is 2.28 bits per heavy atom. The third-order valence-electron chi connectivity index (χ3n) is 8.16. The van der Waals surface area contributed by atoms with Crippen LogP contribution in [0.4, 0.5) is 20.2 Å². The van der Waals surface area contributed by atoms with Crippen molar-refractivity contribution in [3.8, 4) is 22.8 Å². The summed E-state index contributed by atoms with van der Waals surface area (Å²) in [5.41, 5.74) is 5.97. The molecule has 47 heavy (non-hydrogen) atoms. The summed E-state index contributed by atoms with van der Waals surface area (Å²) in [4.78, 5) is 47.8. The number of nitro benzene ring substituents is 1. The van der Waals surface area contributed by atoms with Crippen molar-refractivity contribution in [1.82, 2.24) is 15.0 Å². The zero-order valence-corrected chi connectivity index (χ0v) is 25.2. The first-order chi connectivity index (χ1) is 22.8. The lowest BCUT2D eigenvalue weighted by Gasteiger charge is -2.13. The number of carbonyl (C=O) groups excluding carboxylic acids is 2. The van der Waals surface area contributed by atoms with Gasteiger partial charge in [-0.15, -0.1) is 0 Å². The Hall–Kier alpha value is -5.71. The number of nitro groups is 1. The Morgan fingerprint density at radius 2 is 1.51 bits per heavy atom. The Morgan fingerprint density at radius 1 is 0.787 bits per heavy atom. The van der Waals surface area contributed by atoms with Crippen molar-refractivity contribution < 1.29 is 23.3 Å². The monoisotopic (exact) mass is 633 g/mol. The Kier molecular flexibility index (Phi) is 9.14. The average Bonchev–Trinajstić information content (AvgIpc) is 3.37. The van der Waals surface area contributed by atoms with Crippen LogP contribution in [0, 0.1) is 21.7 Å². The molecule has 0 saturated carbocycles. The van der Waals surface area contributed by atoms with Gasteiger partial charge in [0.25, 0.3) is 11.6 Å². The number of anilines is 1. The van der Waals surface area contributed by atoms with Gasteiger partial charge in [0, 0.05) is 47.8 Å². The molecule has 9 nitrogen and oxygen atoms in total. The molecule has 0 radical (unpaired) electrons. The lowest BCUT2D eigenvalue weighted by molar-refractivity contribution is -0.384. The number of amides is 1. The molecule has 0 fully saturated rings. The first kappa shape index (κ1) is 31.3. The van der Waals surface area contributed by atoms with Crippen LogP contribution in [0.25, 0.3) is 22.8 Å². The number of nitrogens with one attached hydrogen (secondary N) is 1. The Labute approximate surface area is 268 Å². The molecule has 2 aliphatic carbocycles. The molecule has 236 valence electrons. The van der Waals surface area contributed by atoms with Crippen molar-refractivity contribution in [3.63, 3.8) is 0 Å². The number of fused-ring (bicyclic) bond motifs is 4. The van der Waals surface area contributed by atoms with Crippen LogP contribution in [0.2, 0.25) is 0 Å². The minimum atomic E-state index is -0.898. The SMILES string of the molecule is O=C(Nc1ccc2c(c1)CCCc1cnc(-c3ccccn3)nc1-2)c1c(F)cccc1F.O=C1CCCCc2cc([N+](=O)[O-])ccc21. The van der Waals surface area contributed by atoms with Gasteiger partial charge in [-0.3, -0.25) is 24.7 Å². The molecule has 5 aromatic rings. The predicted octanol–water partition coefficient (Wildman–Crippen LogP) is 7.73. The molecule has 2 aromatic heterocycles. The molecule has 0 saturated heterocycles. The van der Waals surface area contributed by atoms with Gasteiger partial charge in [-0.2, -0.15) is 0 Å². The molecule has 1 amide bonds. The number of non-ortho nitro benzene ring substituents is 1. The van der Waals surface area contributed by atoms with E-state index in [2.05, 4.69) is 15.3 Å². The minimum absolute atomic E-state index is 0.0726. The van der Waals surface area contributed by atoms with E-state index in [9.17, 15) is 28.5 Å². The van der Waals surface area contributed by atoms with E-state index in [1.165, 1.54) is 18.2 Å². The normalized spacial score (nSPS) is 13.4. The standard InChI is InChI=1S/C25H18F2N4O.C11H11NO3/c26-19-7-4-8-20(27)22(19)25(32)30-17-10-11-18-15(13-17)5-3-6-16-14-29-24(31-23(16)18)21-9-1-2-12-28-21;13-11-4-2-1-3-8-7-9(12(14)15)5-6-10(8)11/h1-2,4,7-14H,3,5-6H2,(H,30,32);5-7H,1-4H2. The number of pyridine rings is 1. The fraction of sp³-hybridized carbons (Fsp3) is 0.194. The van der Waals surface area contributed by atoms with Gasteiger partial charge in [0.15, 0.2) is 11.6 Å². The number of ketones is 1. The van der Waals surface area contributed by atoms with Crippen molar-refractivity contribution in [1.29, 1.82) is 0 Å². The molecule has 0 atom stereocenters. The van der Waals surface area contributed by atoms with Crippen molar-refractivity contribution in [2.24, 2.45) is 0 Å². The number of rotatable bonds is 4. The second kappa shape index (κ2) is 13.7. The molecule has 2 heterocycles. The van der Waals surface area contributed by atoms with Crippen LogP contribution in [-0.2, 0) is 19.3 Å². The van der Waals surface area contributed by atoms with E-state index in [0.29, 0.717) is 29.2 Å². The second-order valence-corrected chi connectivity index (χ2v) is 11.3. The van der Waals surface area contributed by atoms with Crippen LogP contribution in [0.15, 0.2) is 85.2 Å². The van der Waals surface area contributed by atoms with Crippen molar-refractivity contribution >= 4 is 23.1 Å². The van der Waals surface area contributed by atoms with E-state index in [0.717, 1.165) is 78.6 Å². The fourth-order valence-corrected chi connectivity index (χ4v) is 5.84. The maximum Gasteiger partial charge on any atom is 0.269 e. The lowest BCUT2D eigenvalue weighted by Crippen LogP contribution is -2.16. The van der Waals surface area contributed by atoms with E-state index in [1.54, 1.807) is 18.3 Å². The molecule has 1 N–H and O–H groups in total. The third kappa shape index (κ3) is 6.94. The van der Waals surface area contributed by atoms with Gasteiger partial charge in [-0.05, 0) is 97.7 Å². The molecule has 0 bridgehead atoms. The summed E-state index contributed by atoms with van der Waals surface area (Å²) in [5, 5.41) is 13.2. The zero-order valence-electron chi connectivity index (χ0n) is 25.2. The van der Waals surface area contributed by atoms with Crippen LogP contribution in [-0.4, -0.2) is 31.6 Å². The van der Waals surface area contributed by atoms with Gasteiger partial charge in [0.05, 0.1) is 10.6 Å². The van der Waals surface area contributed by atoms with Gasteiger partial charge < -0.3 is 5.32 Å². The molecule has 11 heteroatoms. The molecular weight excluding hydrogens is 604 g/mol. The van der Waals surface area contributed by atoms with Crippen LogP contribution in [0.5, 0.6) is 0 Å². The second-order valence-electron chi connectivity index (χ2n) is 11.3. The number of aromatic nitrogens is 3. The van der Waals surface area contributed by atoms with Gasteiger partial charge in [-0.1, -0.05) is 18.2 Å². The number of aryl methyl sites for hydroxylation is 3. The van der Waals surface area contributed by atoms with Crippen LogP contribution in [0.3, 0.4) is 0 Å². The topological polar surface area (TPSA) is 128 Å². The Balaban J connectivity index is 0.000000215. The smallest absolute Gasteiger partial charge is 0.269 e. The van der Waals surface area contributed by atoms with Crippen LogP contribution >= 0.6 is 0 Å². The molecule has 2 aliphatic rings. The van der Waals surface area contributed by atoms with Crippen LogP contribution in [0.1, 0.15) is 63.1 Å².